The lowest BCUT2D eigenvalue weighted by atomic mass is 9.92. The van der Waals surface area contributed by atoms with Gasteiger partial charge in [-0.2, -0.15) is 8.42 Å². The molecule has 9 heteroatoms. The Bertz CT molecular complexity index is 376. The zero-order chi connectivity index (χ0) is 13.0. The van der Waals surface area contributed by atoms with Crippen LogP contribution in [0.4, 0.5) is 0 Å². The average Bonchev–Trinajstić information content (AvgIpc) is 2.10. The Morgan fingerprint density at radius 1 is 1.19 bits per heavy atom. The summed E-state index contributed by atoms with van der Waals surface area (Å²) in [5.41, 5.74) is 3.39. The molecule has 94 valence electrons. The van der Waals surface area contributed by atoms with Crippen molar-refractivity contribution in [2.24, 2.45) is 5.73 Å². The summed E-state index contributed by atoms with van der Waals surface area (Å²) in [5.74, 6) is -3.56. The third-order valence-corrected chi connectivity index (χ3v) is 2.74. The minimum absolute atomic E-state index is 0.410. The van der Waals surface area contributed by atoms with Gasteiger partial charge in [-0.05, 0) is 12.8 Å². The molecule has 0 rings (SSSR count). The van der Waals surface area contributed by atoms with Crippen molar-refractivity contribution in [3.8, 4) is 0 Å². The van der Waals surface area contributed by atoms with Gasteiger partial charge in [0.25, 0.3) is 10.1 Å². The van der Waals surface area contributed by atoms with E-state index in [4.69, 9.17) is 20.5 Å². The maximum absolute atomic E-state index is 10.8. The van der Waals surface area contributed by atoms with Crippen LogP contribution in [-0.2, 0) is 19.7 Å². The van der Waals surface area contributed by atoms with Gasteiger partial charge < -0.3 is 15.9 Å². The quantitative estimate of drug-likeness (QED) is 0.418. The Balaban J connectivity index is 4.58. The van der Waals surface area contributed by atoms with Gasteiger partial charge in [0.15, 0.2) is 0 Å². The second kappa shape index (κ2) is 5.23. The van der Waals surface area contributed by atoms with E-state index in [1.165, 1.54) is 0 Å². The standard InChI is InChI=1S/C7H13NO7S/c8-7(6(11)12,2-1-5(9)10)3-4-16(13,14)15/h1-4,8H2,(H,9,10)(H,11,12)(H,13,14,15)/t7-/m1/s1. The molecule has 1 atom stereocenters. The lowest BCUT2D eigenvalue weighted by Crippen LogP contribution is -2.49. The molecule has 0 amide bonds. The smallest absolute Gasteiger partial charge is 0.323 e. The number of hydrogen-bond acceptors (Lipinski definition) is 5. The predicted octanol–water partition coefficient (Wildman–Crippen LogP) is -1.09. The van der Waals surface area contributed by atoms with Crippen LogP contribution in [0.15, 0.2) is 0 Å². The van der Waals surface area contributed by atoms with Crippen LogP contribution >= 0.6 is 0 Å². The largest absolute Gasteiger partial charge is 0.481 e. The molecule has 0 saturated carbocycles. The molecule has 0 radical (unpaired) electrons. The van der Waals surface area contributed by atoms with E-state index in [1.807, 2.05) is 0 Å². The Kier molecular flexibility index (Phi) is 4.84. The lowest BCUT2D eigenvalue weighted by molar-refractivity contribution is -0.144. The van der Waals surface area contributed by atoms with Crippen molar-refractivity contribution in [3.63, 3.8) is 0 Å². The van der Waals surface area contributed by atoms with E-state index in [9.17, 15) is 18.0 Å². The van der Waals surface area contributed by atoms with Crippen LogP contribution in [0, 0.1) is 0 Å². The Morgan fingerprint density at radius 2 is 1.69 bits per heavy atom. The Labute approximate surface area is 91.8 Å². The van der Waals surface area contributed by atoms with Crippen molar-refractivity contribution < 1.29 is 32.8 Å². The van der Waals surface area contributed by atoms with Crippen LogP contribution in [0.5, 0.6) is 0 Å². The lowest BCUT2D eigenvalue weighted by Gasteiger charge is -2.23. The number of aliphatic carboxylic acids is 2. The first-order valence-electron chi connectivity index (χ1n) is 4.26. The summed E-state index contributed by atoms with van der Waals surface area (Å²) in [6.07, 6.45) is -1.45. The van der Waals surface area contributed by atoms with E-state index >= 15 is 0 Å². The topological polar surface area (TPSA) is 155 Å². The summed E-state index contributed by atoms with van der Waals surface area (Å²) in [7, 11) is -4.32. The molecule has 0 aromatic carbocycles. The zero-order valence-corrected chi connectivity index (χ0v) is 9.11. The van der Waals surface area contributed by atoms with E-state index < -0.39 is 52.6 Å². The summed E-state index contributed by atoms with van der Waals surface area (Å²) in [4.78, 5) is 21.0. The van der Waals surface area contributed by atoms with Crippen molar-refractivity contribution >= 4 is 22.1 Å². The minimum atomic E-state index is -4.32. The fourth-order valence-corrected chi connectivity index (χ4v) is 1.60. The minimum Gasteiger partial charge on any atom is -0.481 e. The molecule has 0 aromatic heterocycles. The SMILES string of the molecule is N[C@](CCC(=O)O)(CCS(=O)(=O)O)C(=O)O. The number of rotatable bonds is 7. The zero-order valence-electron chi connectivity index (χ0n) is 8.29. The molecule has 0 spiro atoms. The number of carbonyl (C=O) groups is 2. The average molecular weight is 255 g/mol. The van der Waals surface area contributed by atoms with E-state index in [1.54, 1.807) is 0 Å². The predicted molar refractivity (Wildman–Crippen MR) is 52.5 cm³/mol. The highest BCUT2D eigenvalue weighted by Crippen LogP contribution is 2.16. The first-order chi connectivity index (χ1) is 7.07. The maximum Gasteiger partial charge on any atom is 0.323 e. The fourth-order valence-electron chi connectivity index (χ4n) is 0.980. The number of carboxylic acids is 2. The molecule has 0 aliphatic heterocycles. The van der Waals surface area contributed by atoms with Crippen LogP contribution in [0.1, 0.15) is 19.3 Å². The van der Waals surface area contributed by atoms with Crippen LogP contribution in [0.3, 0.4) is 0 Å². The van der Waals surface area contributed by atoms with E-state index in [0.29, 0.717) is 0 Å². The molecule has 16 heavy (non-hydrogen) atoms. The van der Waals surface area contributed by atoms with Gasteiger partial charge in [0, 0.05) is 6.42 Å². The highest BCUT2D eigenvalue weighted by molar-refractivity contribution is 7.85. The third-order valence-electron chi connectivity index (χ3n) is 2.02. The molecule has 0 heterocycles. The number of carboxylic acid groups (broad SMARTS) is 2. The molecule has 0 aliphatic carbocycles. The Morgan fingerprint density at radius 3 is 2.00 bits per heavy atom. The summed E-state index contributed by atoms with van der Waals surface area (Å²) >= 11 is 0. The highest BCUT2D eigenvalue weighted by Gasteiger charge is 2.35. The van der Waals surface area contributed by atoms with Gasteiger partial charge in [-0.25, -0.2) is 0 Å². The van der Waals surface area contributed by atoms with Gasteiger partial charge in [0.2, 0.25) is 0 Å². The first-order valence-corrected chi connectivity index (χ1v) is 5.87. The molecule has 0 fully saturated rings. The van der Waals surface area contributed by atoms with Gasteiger partial charge in [-0.1, -0.05) is 0 Å². The van der Waals surface area contributed by atoms with E-state index in [-0.39, 0.29) is 0 Å². The highest BCUT2D eigenvalue weighted by atomic mass is 32.2. The molecular formula is C7H13NO7S. The van der Waals surface area contributed by atoms with Gasteiger partial charge in [-0.15, -0.1) is 0 Å². The molecule has 0 aromatic rings. The van der Waals surface area contributed by atoms with Crippen molar-refractivity contribution in [1.29, 1.82) is 0 Å². The van der Waals surface area contributed by atoms with Gasteiger partial charge >= 0.3 is 11.9 Å². The van der Waals surface area contributed by atoms with Crippen molar-refractivity contribution in [1.82, 2.24) is 0 Å². The monoisotopic (exact) mass is 255 g/mol. The van der Waals surface area contributed by atoms with Crippen molar-refractivity contribution in [2.75, 3.05) is 5.75 Å². The maximum atomic E-state index is 10.8. The van der Waals surface area contributed by atoms with Gasteiger partial charge in [-0.3, -0.25) is 14.1 Å². The fraction of sp³-hybridized carbons (Fsp3) is 0.714. The van der Waals surface area contributed by atoms with Crippen LogP contribution in [0.25, 0.3) is 0 Å². The first kappa shape index (κ1) is 14.8. The van der Waals surface area contributed by atoms with Crippen LogP contribution in [-0.4, -0.2) is 46.4 Å². The Hall–Kier alpha value is -1.19. The molecule has 0 bridgehead atoms. The van der Waals surface area contributed by atoms with Crippen molar-refractivity contribution in [3.05, 3.63) is 0 Å². The summed E-state index contributed by atoms with van der Waals surface area (Å²) in [6, 6.07) is 0. The van der Waals surface area contributed by atoms with E-state index in [0.717, 1.165) is 0 Å². The number of hydrogen-bond donors (Lipinski definition) is 4. The van der Waals surface area contributed by atoms with Crippen LogP contribution in [0.2, 0.25) is 0 Å². The van der Waals surface area contributed by atoms with Gasteiger partial charge in [0.05, 0.1) is 5.75 Å². The second-order valence-corrected chi connectivity index (χ2v) is 4.96. The van der Waals surface area contributed by atoms with Crippen molar-refractivity contribution in [2.45, 2.75) is 24.8 Å². The molecule has 8 nitrogen and oxygen atoms in total. The van der Waals surface area contributed by atoms with Crippen LogP contribution < -0.4 is 5.73 Å². The molecule has 0 saturated heterocycles. The molecular weight excluding hydrogens is 242 g/mol. The van der Waals surface area contributed by atoms with Gasteiger partial charge in [0.1, 0.15) is 5.54 Å². The third kappa shape index (κ3) is 5.63. The number of nitrogens with two attached hydrogens (primary N) is 1. The summed E-state index contributed by atoms with van der Waals surface area (Å²) < 4.78 is 29.3. The second-order valence-electron chi connectivity index (χ2n) is 3.39. The normalized spacial score (nSPS) is 15.4. The molecule has 0 aliphatic rings. The summed E-state index contributed by atoms with van der Waals surface area (Å²) in [5, 5.41) is 17.1. The molecule has 5 N–H and O–H groups in total. The van der Waals surface area contributed by atoms with E-state index in [2.05, 4.69) is 0 Å². The molecule has 0 unspecified atom stereocenters. The summed E-state index contributed by atoms with van der Waals surface area (Å²) in [6.45, 7) is 0.